The molecule has 3 aliphatic heterocycles. The number of hydrogen-bond donors (Lipinski definition) is 0. The van der Waals surface area contributed by atoms with Crippen LogP contribution in [-0.4, -0.2) is 66.8 Å². The second-order valence-electron chi connectivity index (χ2n) is 7.02. The normalized spacial score (nSPS) is 31.2. The molecule has 1 aromatic rings. The van der Waals surface area contributed by atoms with Gasteiger partial charge in [-0.1, -0.05) is 0 Å². The molecule has 0 saturated carbocycles. The molecule has 0 radical (unpaired) electrons. The molecular formula is C18H26N2O4. The fourth-order valence-electron chi connectivity index (χ4n) is 4.15. The third-order valence-electron chi connectivity index (χ3n) is 5.42. The van der Waals surface area contributed by atoms with Crippen LogP contribution in [0.2, 0.25) is 0 Å². The molecule has 0 unspecified atom stereocenters. The molecule has 4 rings (SSSR count). The number of fused-ring (bicyclic) bond motifs is 1. The number of carbonyl (C=O) groups excluding carboxylic acids is 1. The van der Waals surface area contributed by atoms with Gasteiger partial charge in [-0.25, -0.2) is 0 Å². The maximum absolute atomic E-state index is 12.6. The highest BCUT2D eigenvalue weighted by Gasteiger charge is 2.42. The lowest BCUT2D eigenvalue weighted by molar-refractivity contribution is -0.158. The second-order valence-corrected chi connectivity index (χ2v) is 7.02. The number of morpholine rings is 1. The zero-order valence-corrected chi connectivity index (χ0v) is 14.3. The average molecular weight is 334 g/mol. The minimum Gasteiger partial charge on any atom is -0.465 e. The Kier molecular flexibility index (Phi) is 4.61. The number of rotatable bonds is 3. The Labute approximate surface area is 142 Å². The first-order valence-electron chi connectivity index (χ1n) is 9.02. The first-order chi connectivity index (χ1) is 11.7. The van der Waals surface area contributed by atoms with Crippen LogP contribution in [0, 0.1) is 6.92 Å². The third-order valence-corrected chi connectivity index (χ3v) is 5.42. The smallest absolute Gasteiger partial charge is 0.251 e. The molecule has 132 valence electrons. The van der Waals surface area contributed by atoms with Gasteiger partial charge >= 0.3 is 0 Å². The average Bonchev–Trinajstić information content (AvgIpc) is 3.21. The fourth-order valence-corrected chi connectivity index (χ4v) is 4.15. The summed E-state index contributed by atoms with van der Waals surface area (Å²) in [7, 11) is 0. The second kappa shape index (κ2) is 6.86. The summed E-state index contributed by atoms with van der Waals surface area (Å²) < 4.78 is 17.2. The summed E-state index contributed by atoms with van der Waals surface area (Å²) in [6.45, 7) is 6.48. The van der Waals surface area contributed by atoms with Crippen LogP contribution in [0.5, 0.6) is 0 Å². The van der Waals surface area contributed by atoms with Gasteiger partial charge in [0.25, 0.3) is 5.91 Å². The van der Waals surface area contributed by atoms with Gasteiger partial charge in [0, 0.05) is 25.7 Å². The van der Waals surface area contributed by atoms with E-state index in [0.717, 1.165) is 43.9 Å². The fraction of sp³-hybridized carbons (Fsp3) is 0.722. The predicted molar refractivity (Wildman–Crippen MR) is 87.6 cm³/mol. The first-order valence-corrected chi connectivity index (χ1v) is 9.02. The van der Waals surface area contributed by atoms with E-state index < -0.39 is 0 Å². The summed E-state index contributed by atoms with van der Waals surface area (Å²) in [5, 5.41) is 0. The molecule has 3 saturated heterocycles. The van der Waals surface area contributed by atoms with Crippen LogP contribution in [0.25, 0.3) is 0 Å². The molecule has 0 spiro atoms. The van der Waals surface area contributed by atoms with Gasteiger partial charge in [0.05, 0.1) is 25.9 Å². The summed E-state index contributed by atoms with van der Waals surface area (Å²) in [6, 6.07) is 4.47. The number of furan rings is 1. The van der Waals surface area contributed by atoms with Crippen LogP contribution in [-0.2, 0) is 20.8 Å². The van der Waals surface area contributed by atoms with Crippen LogP contribution in [0.15, 0.2) is 16.5 Å². The summed E-state index contributed by atoms with van der Waals surface area (Å²) in [4.78, 5) is 17.0. The van der Waals surface area contributed by atoms with E-state index in [1.165, 1.54) is 0 Å². The van der Waals surface area contributed by atoms with Gasteiger partial charge in [-0.15, -0.1) is 0 Å². The topological polar surface area (TPSA) is 55.2 Å². The molecule has 3 fully saturated rings. The predicted octanol–water partition coefficient (Wildman–Crippen LogP) is 1.57. The van der Waals surface area contributed by atoms with Crippen LogP contribution in [0.1, 0.15) is 30.8 Å². The van der Waals surface area contributed by atoms with Crippen molar-refractivity contribution in [1.82, 2.24) is 9.80 Å². The minimum atomic E-state index is -0.268. The van der Waals surface area contributed by atoms with Crippen molar-refractivity contribution in [2.24, 2.45) is 0 Å². The molecule has 0 aliphatic carbocycles. The lowest BCUT2D eigenvalue weighted by atomic mass is 9.98. The number of amides is 1. The van der Waals surface area contributed by atoms with Crippen molar-refractivity contribution in [3.63, 3.8) is 0 Å². The van der Waals surface area contributed by atoms with Gasteiger partial charge in [0.1, 0.15) is 17.6 Å². The van der Waals surface area contributed by atoms with Crippen molar-refractivity contribution in [1.29, 1.82) is 0 Å². The zero-order valence-electron chi connectivity index (χ0n) is 14.3. The van der Waals surface area contributed by atoms with Gasteiger partial charge in [0.15, 0.2) is 0 Å². The van der Waals surface area contributed by atoms with Gasteiger partial charge in [-0.2, -0.15) is 0 Å². The van der Waals surface area contributed by atoms with Crippen LogP contribution in [0.4, 0.5) is 0 Å². The number of nitrogens with zero attached hydrogens (tertiary/aromatic N) is 2. The first kappa shape index (κ1) is 16.1. The Morgan fingerprint density at radius 1 is 1.17 bits per heavy atom. The molecule has 6 nitrogen and oxygen atoms in total. The van der Waals surface area contributed by atoms with E-state index in [-0.39, 0.29) is 18.1 Å². The minimum absolute atomic E-state index is 0.150. The summed E-state index contributed by atoms with van der Waals surface area (Å²) >= 11 is 0. The van der Waals surface area contributed by atoms with Crippen molar-refractivity contribution in [2.75, 3.05) is 32.8 Å². The van der Waals surface area contributed by atoms with Crippen molar-refractivity contribution in [3.8, 4) is 0 Å². The third kappa shape index (κ3) is 3.23. The monoisotopic (exact) mass is 334 g/mol. The number of carbonyl (C=O) groups is 1. The number of aryl methyl sites for hydroxylation is 1. The van der Waals surface area contributed by atoms with E-state index in [4.69, 9.17) is 13.9 Å². The Balaban J connectivity index is 1.34. The van der Waals surface area contributed by atoms with Crippen molar-refractivity contribution >= 4 is 5.91 Å². The zero-order chi connectivity index (χ0) is 16.5. The lowest BCUT2D eigenvalue weighted by Gasteiger charge is -2.37. The maximum atomic E-state index is 12.6. The molecule has 1 amide bonds. The van der Waals surface area contributed by atoms with E-state index >= 15 is 0 Å². The highest BCUT2D eigenvalue weighted by atomic mass is 16.5. The number of likely N-dealkylation sites (tertiary alicyclic amines) is 1. The van der Waals surface area contributed by atoms with E-state index in [1.807, 2.05) is 17.9 Å². The maximum Gasteiger partial charge on any atom is 0.251 e. The van der Waals surface area contributed by atoms with E-state index in [1.54, 1.807) is 0 Å². The molecule has 4 heterocycles. The molecule has 3 aliphatic rings. The Bertz CT molecular complexity index is 581. The number of hydrogen-bond acceptors (Lipinski definition) is 5. The van der Waals surface area contributed by atoms with Crippen molar-refractivity contribution < 1.29 is 18.7 Å². The highest BCUT2D eigenvalue weighted by Crippen LogP contribution is 2.33. The quantitative estimate of drug-likeness (QED) is 0.840. The van der Waals surface area contributed by atoms with Crippen molar-refractivity contribution in [3.05, 3.63) is 23.7 Å². The van der Waals surface area contributed by atoms with Crippen LogP contribution < -0.4 is 0 Å². The molecule has 3 atom stereocenters. The lowest BCUT2D eigenvalue weighted by Crippen LogP contribution is -2.51. The molecular weight excluding hydrogens is 308 g/mol. The van der Waals surface area contributed by atoms with Crippen molar-refractivity contribution in [2.45, 2.75) is 51.0 Å². The molecule has 0 N–H and O–H groups in total. The van der Waals surface area contributed by atoms with Gasteiger partial charge in [-0.05, 0) is 38.3 Å². The standard InChI is InChI=1S/C18H26N2O4/c1-13-2-3-14(23-13)12-20-7-6-16-15(20)4-5-17(24-16)18(21)19-8-10-22-11-9-19/h2-3,15-17H,4-12H2,1H3/t15-,16-,17-/m0/s1. The van der Waals surface area contributed by atoms with Crippen LogP contribution in [0.3, 0.4) is 0 Å². The van der Waals surface area contributed by atoms with E-state index in [2.05, 4.69) is 11.0 Å². The largest absolute Gasteiger partial charge is 0.465 e. The molecule has 24 heavy (non-hydrogen) atoms. The SMILES string of the molecule is Cc1ccc(CN2CC[C@@H]3O[C@H](C(=O)N4CCOCC4)CC[C@@H]32)o1. The summed E-state index contributed by atoms with van der Waals surface area (Å²) in [6.07, 6.45) is 2.73. The highest BCUT2D eigenvalue weighted by molar-refractivity contribution is 5.81. The Hall–Kier alpha value is -1.37. The Morgan fingerprint density at radius 2 is 2.00 bits per heavy atom. The molecule has 0 bridgehead atoms. The molecule has 6 heteroatoms. The van der Waals surface area contributed by atoms with E-state index in [0.29, 0.717) is 32.3 Å². The van der Waals surface area contributed by atoms with Crippen LogP contribution >= 0.6 is 0 Å². The van der Waals surface area contributed by atoms with E-state index in [9.17, 15) is 4.79 Å². The van der Waals surface area contributed by atoms with Gasteiger partial charge in [-0.3, -0.25) is 9.69 Å². The summed E-state index contributed by atoms with van der Waals surface area (Å²) in [5.74, 6) is 2.12. The summed E-state index contributed by atoms with van der Waals surface area (Å²) in [5.41, 5.74) is 0. The Morgan fingerprint density at radius 3 is 2.75 bits per heavy atom. The number of ether oxygens (including phenoxy) is 2. The van der Waals surface area contributed by atoms with Gasteiger partial charge < -0.3 is 18.8 Å². The molecule has 0 aromatic carbocycles. The van der Waals surface area contributed by atoms with Gasteiger partial charge in [0.2, 0.25) is 0 Å². The molecule has 1 aromatic heterocycles.